The van der Waals surface area contributed by atoms with Gasteiger partial charge in [-0.15, -0.1) is 11.8 Å². The van der Waals surface area contributed by atoms with Crippen molar-refractivity contribution in [3.63, 3.8) is 0 Å². The number of ether oxygens (including phenoxy) is 1. The van der Waals surface area contributed by atoms with Crippen LogP contribution in [-0.4, -0.2) is 41.9 Å². The first kappa shape index (κ1) is 11.6. The Morgan fingerprint density at radius 2 is 2.38 bits per heavy atom. The van der Waals surface area contributed by atoms with Gasteiger partial charge in [0, 0.05) is 5.25 Å². The quantitative estimate of drug-likeness (QED) is 0.578. The highest BCUT2D eigenvalue weighted by molar-refractivity contribution is 8.03. The highest BCUT2D eigenvalue weighted by Gasteiger charge is 2.65. The average molecular weight is 285 g/mol. The Balaban J connectivity index is 1.81. The molecule has 3 rings (SSSR count). The molecule has 0 aromatic heterocycles. The fourth-order valence-corrected chi connectivity index (χ4v) is 6.92. The van der Waals surface area contributed by atoms with Gasteiger partial charge in [-0.3, -0.25) is 4.18 Å². The zero-order valence-corrected chi connectivity index (χ0v) is 11.1. The van der Waals surface area contributed by atoms with Gasteiger partial charge < -0.3 is 4.74 Å². The summed E-state index contributed by atoms with van der Waals surface area (Å²) in [4.78, 5) is 0. The van der Waals surface area contributed by atoms with Crippen molar-refractivity contribution < 1.29 is 17.3 Å². The van der Waals surface area contributed by atoms with E-state index in [0.29, 0.717) is 12.8 Å². The predicted molar refractivity (Wildman–Crippen MR) is 62.2 cm³/mol. The molecule has 6 unspecified atom stereocenters. The van der Waals surface area contributed by atoms with Crippen LogP contribution in [0.25, 0.3) is 0 Å². The largest absolute Gasteiger partial charge is 0.355 e. The fourth-order valence-electron chi connectivity index (χ4n) is 2.66. The van der Waals surface area contributed by atoms with E-state index in [1.807, 2.05) is 6.92 Å². The van der Waals surface area contributed by atoms with Crippen LogP contribution in [0.5, 0.6) is 0 Å². The van der Waals surface area contributed by atoms with E-state index < -0.39 is 10.1 Å². The summed E-state index contributed by atoms with van der Waals surface area (Å²) in [7, 11) is -3.35. The molecule has 0 N–H and O–H groups in total. The minimum Gasteiger partial charge on any atom is -0.355 e. The van der Waals surface area contributed by atoms with Crippen LogP contribution in [0, 0.1) is 0 Å². The highest BCUT2D eigenvalue weighted by Crippen LogP contribution is 2.56. The Morgan fingerprint density at radius 1 is 1.62 bits per heavy atom. The van der Waals surface area contributed by atoms with Gasteiger partial charge in [0.15, 0.2) is 0 Å². The SMILES string of the molecule is CCC(Cl)OC1C2CC3C(S2)C1OS3(=O)=O. The Hall–Kier alpha value is 0.510. The zero-order valence-electron chi connectivity index (χ0n) is 8.71. The molecule has 3 aliphatic heterocycles. The number of alkyl halides is 1. The topological polar surface area (TPSA) is 52.6 Å². The maximum absolute atomic E-state index is 11.7. The summed E-state index contributed by atoms with van der Waals surface area (Å²) in [5.74, 6) is 0. The zero-order chi connectivity index (χ0) is 11.5. The third kappa shape index (κ3) is 1.54. The van der Waals surface area contributed by atoms with Crippen LogP contribution >= 0.6 is 23.4 Å². The van der Waals surface area contributed by atoms with E-state index in [1.54, 1.807) is 11.8 Å². The van der Waals surface area contributed by atoms with Gasteiger partial charge in [0.25, 0.3) is 10.1 Å². The Morgan fingerprint density at radius 3 is 3.06 bits per heavy atom. The number of rotatable bonds is 3. The van der Waals surface area contributed by atoms with Crippen LogP contribution in [0.2, 0.25) is 0 Å². The monoisotopic (exact) mass is 284 g/mol. The molecule has 0 amide bonds. The third-order valence-electron chi connectivity index (χ3n) is 3.42. The first-order valence-corrected chi connectivity index (χ1v) is 8.25. The second kappa shape index (κ2) is 3.75. The molecule has 3 saturated heterocycles. The van der Waals surface area contributed by atoms with Crippen molar-refractivity contribution in [2.24, 2.45) is 0 Å². The van der Waals surface area contributed by atoms with Gasteiger partial charge in [0.1, 0.15) is 23.0 Å². The molecule has 16 heavy (non-hydrogen) atoms. The van der Waals surface area contributed by atoms with Gasteiger partial charge in [-0.2, -0.15) is 8.42 Å². The van der Waals surface area contributed by atoms with Crippen LogP contribution in [0.1, 0.15) is 19.8 Å². The molecular formula is C9H13ClO4S2. The third-order valence-corrected chi connectivity index (χ3v) is 7.44. The van der Waals surface area contributed by atoms with Crippen molar-refractivity contribution in [2.45, 2.75) is 53.3 Å². The van der Waals surface area contributed by atoms with E-state index in [0.717, 1.165) is 0 Å². The summed E-state index contributed by atoms with van der Waals surface area (Å²) < 4.78 is 34.1. The molecule has 2 bridgehead atoms. The second-order valence-electron chi connectivity index (χ2n) is 4.39. The molecular weight excluding hydrogens is 272 g/mol. The van der Waals surface area contributed by atoms with E-state index in [-0.39, 0.29) is 33.5 Å². The molecule has 0 saturated carbocycles. The molecule has 3 fully saturated rings. The highest BCUT2D eigenvalue weighted by atomic mass is 35.5. The van der Waals surface area contributed by atoms with E-state index in [1.165, 1.54) is 0 Å². The van der Waals surface area contributed by atoms with Crippen LogP contribution in [0.15, 0.2) is 0 Å². The normalized spacial score (nSPS) is 49.8. The van der Waals surface area contributed by atoms with Crippen molar-refractivity contribution in [1.29, 1.82) is 0 Å². The van der Waals surface area contributed by atoms with Gasteiger partial charge in [-0.1, -0.05) is 18.5 Å². The smallest absolute Gasteiger partial charge is 0.271 e. The molecule has 7 heteroatoms. The van der Waals surface area contributed by atoms with Crippen LogP contribution < -0.4 is 0 Å². The van der Waals surface area contributed by atoms with Crippen molar-refractivity contribution in [1.82, 2.24) is 0 Å². The Bertz CT molecular complexity index is 398. The lowest BCUT2D eigenvalue weighted by molar-refractivity contribution is -0.0314. The van der Waals surface area contributed by atoms with E-state index >= 15 is 0 Å². The van der Waals surface area contributed by atoms with Gasteiger partial charge >= 0.3 is 0 Å². The number of fused-ring (bicyclic) bond motifs is 1. The molecule has 0 aromatic carbocycles. The number of hydrogen-bond donors (Lipinski definition) is 0. The molecule has 0 radical (unpaired) electrons. The average Bonchev–Trinajstić information content (AvgIpc) is 2.81. The van der Waals surface area contributed by atoms with Crippen LogP contribution in [0.4, 0.5) is 0 Å². The second-order valence-corrected chi connectivity index (χ2v) is 8.08. The first-order valence-electron chi connectivity index (χ1n) is 5.40. The summed E-state index contributed by atoms with van der Waals surface area (Å²) in [6, 6.07) is 0. The lowest BCUT2D eigenvalue weighted by Crippen LogP contribution is -2.41. The molecule has 0 spiro atoms. The molecule has 4 nitrogen and oxygen atoms in total. The van der Waals surface area contributed by atoms with Gasteiger partial charge in [0.2, 0.25) is 0 Å². The summed E-state index contributed by atoms with van der Waals surface area (Å²) >= 11 is 7.64. The minimum absolute atomic E-state index is 0.0562. The minimum atomic E-state index is -3.35. The molecule has 0 aromatic rings. The first-order chi connectivity index (χ1) is 7.53. The number of hydrogen-bond acceptors (Lipinski definition) is 5. The molecule has 0 aliphatic carbocycles. The Kier molecular flexibility index (Phi) is 2.72. The number of thioether (sulfide) groups is 1. The summed E-state index contributed by atoms with van der Waals surface area (Å²) in [5, 5.41) is -0.0338. The maximum atomic E-state index is 11.7. The molecule has 6 atom stereocenters. The Labute approximate surface area is 104 Å². The standard InChI is InChI=1S/C9H13ClO4S2/c1-2-6(10)13-7-4-3-5-9(15-4)8(7)14-16(5,11)12/h4-9H,2-3H2,1H3. The van der Waals surface area contributed by atoms with E-state index in [4.69, 9.17) is 20.5 Å². The number of halogens is 1. The van der Waals surface area contributed by atoms with Gasteiger partial charge in [-0.25, -0.2) is 0 Å². The summed E-state index contributed by atoms with van der Waals surface area (Å²) in [5.41, 5.74) is -0.352. The van der Waals surface area contributed by atoms with E-state index in [2.05, 4.69) is 0 Å². The molecule has 3 aliphatic rings. The summed E-state index contributed by atoms with van der Waals surface area (Å²) in [6.07, 6.45) is 0.882. The van der Waals surface area contributed by atoms with Crippen LogP contribution in [0.3, 0.4) is 0 Å². The van der Waals surface area contributed by atoms with Crippen molar-refractivity contribution in [3.8, 4) is 0 Å². The van der Waals surface area contributed by atoms with Gasteiger partial charge in [0.05, 0.1) is 5.25 Å². The van der Waals surface area contributed by atoms with Crippen molar-refractivity contribution in [2.75, 3.05) is 0 Å². The van der Waals surface area contributed by atoms with Gasteiger partial charge in [-0.05, 0) is 12.8 Å². The van der Waals surface area contributed by atoms with Crippen molar-refractivity contribution in [3.05, 3.63) is 0 Å². The van der Waals surface area contributed by atoms with Crippen molar-refractivity contribution >= 4 is 33.5 Å². The van der Waals surface area contributed by atoms with Crippen LogP contribution in [-0.2, 0) is 19.0 Å². The molecule has 92 valence electrons. The predicted octanol–water partition coefficient (Wildman–Crippen LogP) is 1.33. The lowest BCUT2D eigenvalue weighted by Gasteiger charge is -2.25. The maximum Gasteiger partial charge on any atom is 0.271 e. The summed E-state index contributed by atoms with van der Waals surface area (Å²) in [6.45, 7) is 1.94. The fraction of sp³-hybridized carbons (Fsp3) is 1.00. The van der Waals surface area contributed by atoms with E-state index in [9.17, 15) is 8.42 Å². The lowest BCUT2D eigenvalue weighted by atomic mass is 9.94. The molecule has 3 heterocycles.